The van der Waals surface area contributed by atoms with E-state index in [0.717, 1.165) is 43.5 Å². The molecule has 1 fully saturated rings. The number of anilines is 2. The second-order valence-corrected chi connectivity index (χ2v) is 5.43. The highest BCUT2D eigenvalue weighted by molar-refractivity contribution is 5.52. The molecule has 3 aromatic heterocycles. The van der Waals surface area contributed by atoms with Gasteiger partial charge in [-0.25, -0.2) is 4.98 Å². The van der Waals surface area contributed by atoms with Crippen molar-refractivity contribution in [3.8, 4) is 6.07 Å². The molecule has 4 heterocycles. The topological polar surface area (TPSA) is 73.4 Å². The summed E-state index contributed by atoms with van der Waals surface area (Å²) in [4.78, 5) is 8.94. The zero-order chi connectivity index (χ0) is 15.6. The second kappa shape index (κ2) is 5.57. The summed E-state index contributed by atoms with van der Waals surface area (Å²) in [5.41, 5.74) is 1.45. The molecule has 1 saturated heterocycles. The van der Waals surface area contributed by atoms with Gasteiger partial charge in [0.05, 0.1) is 5.56 Å². The number of fused-ring (bicyclic) bond motifs is 1. The van der Waals surface area contributed by atoms with Gasteiger partial charge >= 0.3 is 0 Å². The van der Waals surface area contributed by atoms with Crippen molar-refractivity contribution in [3.63, 3.8) is 0 Å². The summed E-state index contributed by atoms with van der Waals surface area (Å²) >= 11 is 0. The molecule has 1 aliphatic heterocycles. The fraction of sp³-hybridized carbons (Fsp3) is 0.250. The Hall–Kier alpha value is -3.14. The summed E-state index contributed by atoms with van der Waals surface area (Å²) in [6.45, 7) is 3.58. The van der Waals surface area contributed by atoms with E-state index in [1.165, 1.54) is 0 Å². The lowest BCUT2D eigenvalue weighted by atomic mass is 10.2. The molecule has 114 valence electrons. The lowest BCUT2D eigenvalue weighted by Crippen LogP contribution is -2.47. The maximum Gasteiger partial charge on any atom is 0.162 e. The van der Waals surface area contributed by atoms with E-state index in [-0.39, 0.29) is 0 Å². The van der Waals surface area contributed by atoms with Crippen LogP contribution in [0.25, 0.3) is 5.65 Å². The predicted octanol–water partition coefficient (Wildman–Crippen LogP) is 1.32. The van der Waals surface area contributed by atoms with Gasteiger partial charge in [0.2, 0.25) is 0 Å². The average Bonchev–Trinajstić information content (AvgIpc) is 3.11. The van der Waals surface area contributed by atoms with Crippen LogP contribution < -0.4 is 9.80 Å². The summed E-state index contributed by atoms with van der Waals surface area (Å²) in [5.74, 6) is 2.03. The minimum absolute atomic E-state index is 0.590. The van der Waals surface area contributed by atoms with Crippen molar-refractivity contribution in [1.82, 2.24) is 19.6 Å². The van der Waals surface area contributed by atoms with Crippen molar-refractivity contribution in [2.45, 2.75) is 0 Å². The molecule has 1 aliphatic rings. The lowest BCUT2D eigenvalue weighted by molar-refractivity contribution is 0.639. The number of aromatic nitrogens is 4. The highest BCUT2D eigenvalue weighted by Gasteiger charge is 2.20. The quantitative estimate of drug-likeness (QED) is 0.711. The van der Waals surface area contributed by atoms with Crippen LogP contribution in [-0.2, 0) is 0 Å². The van der Waals surface area contributed by atoms with Crippen LogP contribution in [0, 0.1) is 11.3 Å². The third-order valence-electron chi connectivity index (χ3n) is 4.12. The summed E-state index contributed by atoms with van der Waals surface area (Å²) in [7, 11) is 0. The zero-order valence-corrected chi connectivity index (χ0v) is 12.5. The zero-order valence-electron chi connectivity index (χ0n) is 12.5. The fourth-order valence-corrected chi connectivity index (χ4v) is 2.90. The molecule has 0 N–H and O–H groups in total. The molecule has 0 saturated carbocycles. The summed E-state index contributed by atoms with van der Waals surface area (Å²) in [5, 5.41) is 16.9. The normalized spacial score (nSPS) is 14.9. The van der Waals surface area contributed by atoms with Crippen molar-refractivity contribution in [3.05, 3.63) is 48.4 Å². The third kappa shape index (κ3) is 2.44. The van der Waals surface area contributed by atoms with Crippen LogP contribution in [0.5, 0.6) is 0 Å². The minimum atomic E-state index is 0.590. The van der Waals surface area contributed by atoms with Crippen molar-refractivity contribution in [2.75, 3.05) is 36.0 Å². The fourth-order valence-electron chi connectivity index (χ4n) is 2.90. The first-order valence-corrected chi connectivity index (χ1v) is 7.50. The maximum absolute atomic E-state index is 8.85. The molecular weight excluding hydrogens is 290 g/mol. The monoisotopic (exact) mass is 305 g/mol. The number of hydrogen-bond acceptors (Lipinski definition) is 6. The number of nitriles is 1. The summed E-state index contributed by atoms with van der Waals surface area (Å²) in [6.07, 6.45) is 3.37. The molecule has 0 unspecified atom stereocenters. The minimum Gasteiger partial charge on any atom is -0.354 e. The van der Waals surface area contributed by atoms with Crippen LogP contribution in [0.4, 0.5) is 11.6 Å². The Kier molecular flexibility index (Phi) is 3.27. The molecule has 0 atom stereocenters. The van der Waals surface area contributed by atoms with Crippen LogP contribution in [0.15, 0.2) is 42.9 Å². The first-order valence-electron chi connectivity index (χ1n) is 7.50. The molecule has 0 amide bonds. The van der Waals surface area contributed by atoms with E-state index >= 15 is 0 Å². The van der Waals surface area contributed by atoms with Gasteiger partial charge in [0.25, 0.3) is 0 Å². The number of rotatable bonds is 2. The van der Waals surface area contributed by atoms with Gasteiger partial charge < -0.3 is 9.80 Å². The Morgan fingerprint density at radius 3 is 2.57 bits per heavy atom. The SMILES string of the molecule is N#Cc1ccc(N2CCN(c3cccc4nncn34)CC2)nc1. The molecule has 4 rings (SSSR count). The number of pyridine rings is 2. The Morgan fingerprint density at radius 2 is 1.83 bits per heavy atom. The Bertz CT molecular complexity index is 854. The van der Waals surface area contributed by atoms with E-state index in [1.807, 2.05) is 28.7 Å². The van der Waals surface area contributed by atoms with Crippen molar-refractivity contribution in [1.29, 1.82) is 5.26 Å². The van der Waals surface area contributed by atoms with E-state index in [0.29, 0.717) is 5.56 Å². The average molecular weight is 305 g/mol. The highest BCUT2D eigenvalue weighted by atomic mass is 15.3. The van der Waals surface area contributed by atoms with E-state index in [4.69, 9.17) is 5.26 Å². The van der Waals surface area contributed by atoms with Crippen LogP contribution in [-0.4, -0.2) is 45.8 Å². The van der Waals surface area contributed by atoms with Gasteiger partial charge in [0.1, 0.15) is 24.0 Å². The number of piperazine rings is 1. The molecule has 0 aromatic carbocycles. The van der Waals surface area contributed by atoms with Gasteiger partial charge in [-0.2, -0.15) is 5.26 Å². The third-order valence-corrected chi connectivity index (χ3v) is 4.12. The van der Waals surface area contributed by atoms with E-state index in [9.17, 15) is 0 Å². The van der Waals surface area contributed by atoms with Crippen molar-refractivity contribution < 1.29 is 0 Å². The largest absolute Gasteiger partial charge is 0.354 e. The second-order valence-electron chi connectivity index (χ2n) is 5.43. The first-order chi connectivity index (χ1) is 11.3. The maximum atomic E-state index is 8.85. The molecule has 0 bridgehead atoms. The van der Waals surface area contributed by atoms with Gasteiger partial charge in [-0.15, -0.1) is 10.2 Å². The van der Waals surface area contributed by atoms with Crippen LogP contribution in [0.3, 0.4) is 0 Å². The Labute approximate surface area is 133 Å². The summed E-state index contributed by atoms with van der Waals surface area (Å²) < 4.78 is 2.01. The lowest BCUT2D eigenvalue weighted by Gasteiger charge is -2.36. The highest BCUT2D eigenvalue weighted by Crippen LogP contribution is 2.20. The Balaban J connectivity index is 1.50. The number of hydrogen-bond donors (Lipinski definition) is 0. The molecule has 23 heavy (non-hydrogen) atoms. The Morgan fingerprint density at radius 1 is 1.00 bits per heavy atom. The smallest absolute Gasteiger partial charge is 0.162 e. The van der Waals surface area contributed by atoms with Crippen LogP contribution in [0.1, 0.15) is 5.56 Å². The van der Waals surface area contributed by atoms with Crippen molar-refractivity contribution >= 4 is 17.3 Å². The molecule has 0 aliphatic carbocycles. The molecule has 7 heteroatoms. The van der Waals surface area contributed by atoms with Gasteiger partial charge in [0, 0.05) is 32.4 Å². The van der Waals surface area contributed by atoms with Gasteiger partial charge in [0.15, 0.2) is 5.65 Å². The van der Waals surface area contributed by atoms with E-state index < -0.39 is 0 Å². The molecule has 7 nitrogen and oxygen atoms in total. The number of nitrogens with zero attached hydrogens (tertiary/aromatic N) is 7. The molecule has 3 aromatic rings. The first kappa shape index (κ1) is 13.5. The van der Waals surface area contributed by atoms with Gasteiger partial charge in [-0.1, -0.05) is 6.07 Å². The van der Waals surface area contributed by atoms with Crippen LogP contribution >= 0.6 is 0 Å². The standard InChI is InChI=1S/C16H15N7/c17-10-13-4-5-14(18-11-13)21-6-8-22(9-7-21)16-3-1-2-15-20-19-12-23(15)16/h1-5,11-12H,6-9H2. The summed E-state index contributed by atoms with van der Waals surface area (Å²) in [6, 6.07) is 11.9. The van der Waals surface area contributed by atoms with Gasteiger partial charge in [-0.05, 0) is 24.3 Å². The van der Waals surface area contributed by atoms with E-state index in [1.54, 1.807) is 12.5 Å². The molecule has 0 radical (unpaired) electrons. The van der Waals surface area contributed by atoms with Crippen LogP contribution in [0.2, 0.25) is 0 Å². The van der Waals surface area contributed by atoms with Gasteiger partial charge in [-0.3, -0.25) is 4.40 Å². The van der Waals surface area contributed by atoms with Crippen molar-refractivity contribution in [2.24, 2.45) is 0 Å². The molecule has 0 spiro atoms. The molecular formula is C16H15N7. The van der Waals surface area contributed by atoms with E-state index in [2.05, 4.69) is 37.1 Å². The predicted molar refractivity (Wildman–Crippen MR) is 86.4 cm³/mol.